The zero-order valence-corrected chi connectivity index (χ0v) is 8.73. The number of amides is 2. The first-order chi connectivity index (χ1) is 7.50. The lowest BCUT2D eigenvalue weighted by molar-refractivity contribution is -0.138. The Morgan fingerprint density at radius 1 is 1.38 bits per heavy atom. The van der Waals surface area contributed by atoms with Gasteiger partial charge in [-0.3, -0.25) is 4.79 Å². The highest BCUT2D eigenvalue weighted by Gasteiger charge is 2.13. The molecule has 0 unspecified atom stereocenters. The highest BCUT2D eigenvalue weighted by Crippen LogP contribution is 2.16. The van der Waals surface area contributed by atoms with E-state index in [2.05, 4.69) is 10.6 Å². The summed E-state index contributed by atoms with van der Waals surface area (Å²) in [6.07, 6.45) is 0. The molecule has 0 spiro atoms. The molecule has 0 aliphatic rings. The van der Waals surface area contributed by atoms with Gasteiger partial charge in [0.1, 0.15) is 6.04 Å². The number of carbonyl (C=O) groups is 2. The van der Waals surface area contributed by atoms with Crippen molar-refractivity contribution in [1.29, 1.82) is 0 Å². The highest BCUT2D eigenvalue weighted by molar-refractivity contribution is 5.94. The Bertz CT molecular complexity index is 406. The second kappa shape index (κ2) is 5.01. The SMILES string of the molecule is C[C@@H](NC(=O)Nc1ccccc1N)C(=O)O. The van der Waals surface area contributed by atoms with Crippen molar-refractivity contribution in [1.82, 2.24) is 5.32 Å². The van der Waals surface area contributed by atoms with Gasteiger partial charge in [0.25, 0.3) is 0 Å². The molecule has 0 heterocycles. The average molecular weight is 223 g/mol. The molecule has 0 aliphatic heterocycles. The number of benzene rings is 1. The first-order valence-corrected chi connectivity index (χ1v) is 4.65. The van der Waals surface area contributed by atoms with Crippen LogP contribution in [0.4, 0.5) is 16.2 Å². The lowest BCUT2D eigenvalue weighted by atomic mass is 10.3. The van der Waals surface area contributed by atoms with Crippen molar-refractivity contribution in [3.8, 4) is 0 Å². The maximum atomic E-state index is 11.3. The van der Waals surface area contributed by atoms with Crippen molar-refractivity contribution in [2.75, 3.05) is 11.1 Å². The number of carbonyl (C=O) groups excluding carboxylic acids is 1. The fraction of sp³-hybridized carbons (Fsp3) is 0.200. The molecule has 6 nitrogen and oxygen atoms in total. The van der Waals surface area contributed by atoms with Crippen LogP contribution in [-0.2, 0) is 4.79 Å². The van der Waals surface area contributed by atoms with E-state index >= 15 is 0 Å². The van der Waals surface area contributed by atoms with E-state index in [9.17, 15) is 9.59 Å². The Hall–Kier alpha value is -2.24. The van der Waals surface area contributed by atoms with E-state index in [1.165, 1.54) is 6.92 Å². The van der Waals surface area contributed by atoms with Crippen molar-refractivity contribution in [2.45, 2.75) is 13.0 Å². The fourth-order valence-electron chi connectivity index (χ4n) is 1.03. The number of carboxylic acids is 1. The minimum absolute atomic E-state index is 0.417. The third-order valence-electron chi connectivity index (χ3n) is 1.93. The molecule has 2 amide bonds. The van der Waals surface area contributed by atoms with E-state index in [4.69, 9.17) is 10.8 Å². The number of rotatable bonds is 3. The summed E-state index contributed by atoms with van der Waals surface area (Å²) in [5, 5.41) is 13.3. The van der Waals surface area contributed by atoms with Crippen molar-refractivity contribution in [2.24, 2.45) is 0 Å². The Morgan fingerprint density at radius 3 is 2.56 bits per heavy atom. The first kappa shape index (κ1) is 11.8. The minimum Gasteiger partial charge on any atom is -0.480 e. The third-order valence-corrected chi connectivity index (χ3v) is 1.93. The predicted octanol–water partition coefficient (Wildman–Crippen LogP) is 0.863. The molecule has 1 aromatic carbocycles. The Balaban J connectivity index is 2.59. The standard InChI is InChI=1S/C10H13N3O3/c1-6(9(14)15)12-10(16)13-8-5-3-2-4-7(8)11/h2-6H,11H2,1H3,(H,14,15)(H2,12,13,16)/t6-/m1/s1. The van der Waals surface area contributed by atoms with Crippen LogP contribution in [-0.4, -0.2) is 23.1 Å². The molecule has 0 saturated carbocycles. The number of hydrogen-bond donors (Lipinski definition) is 4. The van der Waals surface area contributed by atoms with Gasteiger partial charge < -0.3 is 21.5 Å². The van der Waals surface area contributed by atoms with Gasteiger partial charge in [-0.05, 0) is 19.1 Å². The van der Waals surface area contributed by atoms with Gasteiger partial charge in [0.15, 0.2) is 0 Å². The zero-order valence-electron chi connectivity index (χ0n) is 8.73. The lowest BCUT2D eigenvalue weighted by Gasteiger charge is -2.11. The second-order valence-corrected chi connectivity index (χ2v) is 3.25. The maximum absolute atomic E-state index is 11.3. The molecule has 16 heavy (non-hydrogen) atoms. The number of aliphatic carboxylic acids is 1. The zero-order chi connectivity index (χ0) is 12.1. The number of hydrogen-bond acceptors (Lipinski definition) is 3. The summed E-state index contributed by atoms with van der Waals surface area (Å²) in [7, 11) is 0. The number of nitrogen functional groups attached to an aromatic ring is 1. The fourth-order valence-corrected chi connectivity index (χ4v) is 1.03. The number of nitrogens with two attached hydrogens (primary N) is 1. The molecule has 5 N–H and O–H groups in total. The Morgan fingerprint density at radius 2 is 2.00 bits per heavy atom. The second-order valence-electron chi connectivity index (χ2n) is 3.25. The van der Waals surface area contributed by atoms with Gasteiger partial charge >= 0.3 is 12.0 Å². The normalized spacial score (nSPS) is 11.6. The number of carboxylic acid groups (broad SMARTS) is 1. The molecule has 0 aromatic heterocycles. The molecular weight excluding hydrogens is 210 g/mol. The molecule has 0 aliphatic carbocycles. The van der Waals surface area contributed by atoms with Crippen molar-refractivity contribution < 1.29 is 14.7 Å². The molecule has 0 radical (unpaired) electrons. The van der Waals surface area contributed by atoms with Gasteiger partial charge in [-0.25, -0.2) is 4.79 Å². The van der Waals surface area contributed by atoms with Crippen LogP contribution in [0.3, 0.4) is 0 Å². The average Bonchev–Trinajstić information content (AvgIpc) is 2.21. The van der Waals surface area contributed by atoms with E-state index in [0.717, 1.165) is 0 Å². The van der Waals surface area contributed by atoms with E-state index in [1.54, 1.807) is 24.3 Å². The van der Waals surface area contributed by atoms with E-state index in [-0.39, 0.29) is 0 Å². The smallest absolute Gasteiger partial charge is 0.325 e. The predicted molar refractivity (Wildman–Crippen MR) is 60.1 cm³/mol. The first-order valence-electron chi connectivity index (χ1n) is 4.65. The molecular formula is C10H13N3O3. The van der Waals surface area contributed by atoms with Crippen LogP contribution >= 0.6 is 0 Å². The summed E-state index contributed by atoms with van der Waals surface area (Å²) in [6, 6.07) is 5.15. The molecule has 1 aromatic rings. The minimum atomic E-state index is -1.10. The van der Waals surface area contributed by atoms with Gasteiger partial charge in [0, 0.05) is 0 Å². The molecule has 1 atom stereocenters. The van der Waals surface area contributed by atoms with Crippen LogP contribution in [0.1, 0.15) is 6.92 Å². The van der Waals surface area contributed by atoms with Crippen LogP contribution in [0.15, 0.2) is 24.3 Å². The maximum Gasteiger partial charge on any atom is 0.325 e. The van der Waals surface area contributed by atoms with Gasteiger partial charge in [-0.15, -0.1) is 0 Å². The van der Waals surface area contributed by atoms with Crippen molar-refractivity contribution in [3.63, 3.8) is 0 Å². The van der Waals surface area contributed by atoms with Crippen LogP contribution in [0.5, 0.6) is 0 Å². The highest BCUT2D eigenvalue weighted by atomic mass is 16.4. The topological polar surface area (TPSA) is 104 Å². The molecule has 6 heteroatoms. The Labute approximate surface area is 92.4 Å². The molecule has 0 fully saturated rings. The molecule has 0 bridgehead atoms. The van der Waals surface area contributed by atoms with Crippen LogP contribution in [0.2, 0.25) is 0 Å². The lowest BCUT2D eigenvalue weighted by Crippen LogP contribution is -2.40. The third kappa shape index (κ3) is 3.16. The van der Waals surface area contributed by atoms with Gasteiger partial charge in [0.05, 0.1) is 11.4 Å². The summed E-state index contributed by atoms with van der Waals surface area (Å²) < 4.78 is 0. The van der Waals surface area contributed by atoms with Crippen LogP contribution < -0.4 is 16.4 Å². The van der Waals surface area contributed by atoms with E-state index < -0.39 is 18.0 Å². The number of urea groups is 1. The van der Waals surface area contributed by atoms with Crippen LogP contribution in [0, 0.1) is 0 Å². The van der Waals surface area contributed by atoms with Crippen molar-refractivity contribution in [3.05, 3.63) is 24.3 Å². The quantitative estimate of drug-likeness (QED) is 0.570. The van der Waals surface area contributed by atoms with Crippen molar-refractivity contribution >= 4 is 23.4 Å². The molecule has 1 rings (SSSR count). The number of para-hydroxylation sites is 2. The summed E-state index contributed by atoms with van der Waals surface area (Å²) in [4.78, 5) is 21.8. The molecule has 0 saturated heterocycles. The number of anilines is 2. The Kier molecular flexibility index (Phi) is 3.71. The summed E-state index contributed by atoms with van der Waals surface area (Å²) in [5.74, 6) is -1.10. The van der Waals surface area contributed by atoms with Gasteiger partial charge in [0.2, 0.25) is 0 Å². The summed E-state index contributed by atoms with van der Waals surface area (Å²) >= 11 is 0. The van der Waals surface area contributed by atoms with Crippen LogP contribution in [0.25, 0.3) is 0 Å². The largest absolute Gasteiger partial charge is 0.480 e. The van der Waals surface area contributed by atoms with E-state index in [1.807, 2.05) is 0 Å². The van der Waals surface area contributed by atoms with Gasteiger partial charge in [-0.1, -0.05) is 12.1 Å². The summed E-state index contributed by atoms with van der Waals surface area (Å²) in [5.41, 5.74) is 6.46. The summed E-state index contributed by atoms with van der Waals surface area (Å²) in [6.45, 7) is 1.37. The monoisotopic (exact) mass is 223 g/mol. The molecule has 86 valence electrons. The van der Waals surface area contributed by atoms with Gasteiger partial charge in [-0.2, -0.15) is 0 Å². The van der Waals surface area contributed by atoms with E-state index in [0.29, 0.717) is 11.4 Å². The number of nitrogens with one attached hydrogen (secondary N) is 2.